The summed E-state index contributed by atoms with van der Waals surface area (Å²) in [6, 6.07) is 0. The molecule has 0 atom stereocenters. The van der Waals surface area contributed by atoms with E-state index in [0.29, 0.717) is 0 Å². The molecular weight excluding hydrogens is 138 g/mol. The monoisotopic (exact) mass is 145 g/mol. The summed E-state index contributed by atoms with van der Waals surface area (Å²) in [5.41, 5.74) is 1.75. The second-order valence-electron chi connectivity index (χ2n) is 1.14. The van der Waals surface area contributed by atoms with Crippen LogP contribution in [0, 0.1) is 12.3 Å². The Morgan fingerprint density at radius 3 is 2.44 bits per heavy atom. The molecule has 0 aromatic heterocycles. The van der Waals surface area contributed by atoms with Gasteiger partial charge in [-0.1, -0.05) is 0 Å². The third-order valence-corrected chi connectivity index (χ3v) is 1.35. The van der Waals surface area contributed by atoms with Gasteiger partial charge in [0.05, 0.1) is 0 Å². The number of aliphatic hydroxyl groups excluding tert-OH is 1. The van der Waals surface area contributed by atoms with Gasteiger partial charge in [-0.15, -0.1) is 18.2 Å². The zero-order valence-corrected chi connectivity index (χ0v) is 5.70. The summed E-state index contributed by atoms with van der Waals surface area (Å²) in [5, 5.41) is 17.1. The lowest BCUT2D eigenvalue weighted by Crippen LogP contribution is -2.05. The van der Waals surface area contributed by atoms with Crippen molar-refractivity contribution < 1.29 is 10.3 Å². The molecule has 4 heteroatoms. The van der Waals surface area contributed by atoms with Gasteiger partial charge in [-0.25, -0.2) is 0 Å². The molecule has 9 heavy (non-hydrogen) atoms. The molecule has 0 aliphatic heterocycles. The van der Waals surface area contributed by atoms with Gasteiger partial charge in [0.15, 0.2) is 5.76 Å². The molecule has 0 bridgehead atoms. The minimum absolute atomic E-state index is 0.178. The van der Waals surface area contributed by atoms with Crippen LogP contribution in [0.15, 0.2) is 10.8 Å². The molecule has 0 amide bonds. The highest BCUT2D eigenvalue weighted by Crippen LogP contribution is 2.09. The Morgan fingerprint density at radius 2 is 2.33 bits per heavy atom. The predicted molar refractivity (Wildman–Crippen MR) is 36.9 cm³/mol. The van der Waals surface area contributed by atoms with Crippen molar-refractivity contribution in [2.75, 3.05) is 6.26 Å². The molecule has 0 aromatic rings. The van der Waals surface area contributed by atoms with Gasteiger partial charge in [-0.05, 0) is 12.2 Å². The first-order valence-corrected chi connectivity index (χ1v) is 3.32. The summed E-state index contributed by atoms with van der Waals surface area (Å²) in [7, 11) is 0. The van der Waals surface area contributed by atoms with Crippen LogP contribution >= 0.6 is 11.8 Å². The van der Waals surface area contributed by atoms with Crippen LogP contribution in [0.25, 0.3) is 0 Å². The molecule has 0 radical (unpaired) electrons. The van der Waals surface area contributed by atoms with Crippen LogP contribution in [-0.4, -0.2) is 16.6 Å². The number of hydrogen-bond donors (Lipinski definition) is 3. The second kappa shape index (κ2) is 4.13. The molecule has 3 nitrogen and oxygen atoms in total. The Kier molecular flexibility index (Phi) is 3.76. The Morgan fingerprint density at radius 1 is 1.78 bits per heavy atom. The van der Waals surface area contributed by atoms with Crippen LogP contribution in [0.1, 0.15) is 0 Å². The van der Waals surface area contributed by atoms with Gasteiger partial charge >= 0.3 is 0 Å². The number of hydroxylamine groups is 1. The first kappa shape index (κ1) is 8.21. The van der Waals surface area contributed by atoms with Gasteiger partial charge in [0.2, 0.25) is 0 Å². The third kappa shape index (κ3) is 2.31. The highest BCUT2D eigenvalue weighted by atomic mass is 32.2. The number of allylic oxidation sites excluding steroid dienone is 1. The van der Waals surface area contributed by atoms with E-state index in [1.54, 1.807) is 11.7 Å². The predicted octanol–water partition coefficient (Wildman–Crippen LogP) is 0.688. The number of rotatable bonds is 2. The molecule has 0 rings (SSSR count). The summed E-state index contributed by atoms with van der Waals surface area (Å²) in [5.74, 6) is 1.67. The van der Waals surface area contributed by atoms with Crippen LogP contribution in [0.3, 0.4) is 0 Å². The molecule has 0 aliphatic rings. The highest BCUT2D eigenvalue weighted by Gasteiger charge is 1.97. The average molecular weight is 145 g/mol. The summed E-state index contributed by atoms with van der Waals surface area (Å²) in [4.78, 5) is 0. The van der Waals surface area contributed by atoms with Gasteiger partial charge in [0.25, 0.3) is 0 Å². The molecule has 0 saturated heterocycles. The first-order chi connectivity index (χ1) is 4.26. The molecule has 0 unspecified atom stereocenters. The molecular formula is C5H7NO2S. The summed E-state index contributed by atoms with van der Waals surface area (Å²) >= 11 is 1.13. The Labute approximate surface area is 57.7 Å². The number of terminal acetylenes is 1. The largest absolute Gasteiger partial charge is 0.499 e. The molecule has 0 aromatic carbocycles. The third-order valence-electron chi connectivity index (χ3n) is 0.657. The zero-order valence-electron chi connectivity index (χ0n) is 4.88. The van der Waals surface area contributed by atoms with E-state index in [9.17, 15) is 0 Å². The average Bonchev–Trinajstić information content (AvgIpc) is 1.90. The van der Waals surface area contributed by atoms with Crippen molar-refractivity contribution in [1.82, 2.24) is 5.48 Å². The normalized spacial score (nSPS) is 11.7. The second-order valence-corrected chi connectivity index (χ2v) is 1.95. The van der Waals surface area contributed by atoms with E-state index in [0.717, 1.165) is 11.8 Å². The van der Waals surface area contributed by atoms with Crippen LogP contribution in [-0.2, 0) is 0 Å². The maximum atomic E-state index is 8.72. The fourth-order valence-corrected chi connectivity index (χ4v) is 0.604. The molecule has 0 heterocycles. The van der Waals surface area contributed by atoms with Crippen molar-refractivity contribution in [3.05, 3.63) is 10.8 Å². The summed E-state index contributed by atoms with van der Waals surface area (Å²) in [6.07, 6.45) is 6.47. The molecule has 0 fully saturated rings. The molecule has 50 valence electrons. The lowest BCUT2D eigenvalue weighted by molar-refractivity contribution is 0.204. The fourth-order valence-electron chi connectivity index (χ4n) is 0.261. The zero-order chi connectivity index (χ0) is 7.28. The topological polar surface area (TPSA) is 52.5 Å². The molecule has 0 saturated carbocycles. The summed E-state index contributed by atoms with van der Waals surface area (Å²) in [6.45, 7) is 0. The van der Waals surface area contributed by atoms with Crippen molar-refractivity contribution in [2.45, 2.75) is 0 Å². The van der Waals surface area contributed by atoms with E-state index < -0.39 is 0 Å². The van der Waals surface area contributed by atoms with Crippen LogP contribution in [0.5, 0.6) is 0 Å². The van der Waals surface area contributed by atoms with Crippen LogP contribution in [0.4, 0.5) is 0 Å². The van der Waals surface area contributed by atoms with Gasteiger partial charge in [-0.3, -0.25) is 10.7 Å². The van der Waals surface area contributed by atoms with Crippen LogP contribution < -0.4 is 5.48 Å². The Hall–Kier alpha value is -0.790. The molecule has 0 aliphatic carbocycles. The number of hydrogen-bond acceptors (Lipinski definition) is 4. The Balaban J connectivity index is 4.23. The van der Waals surface area contributed by atoms with Crippen molar-refractivity contribution >= 4 is 11.8 Å². The van der Waals surface area contributed by atoms with Gasteiger partial charge < -0.3 is 5.11 Å². The van der Waals surface area contributed by atoms with E-state index in [2.05, 4.69) is 0 Å². The van der Waals surface area contributed by atoms with Gasteiger partial charge in [-0.2, -0.15) is 0 Å². The van der Waals surface area contributed by atoms with Gasteiger partial charge in [0.1, 0.15) is 5.03 Å². The smallest absolute Gasteiger partial charge is 0.199 e. The van der Waals surface area contributed by atoms with E-state index in [4.69, 9.17) is 16.7 Å². The van der Waals surface area contributed by atoms with Crippen LogP contribution in [0.2, 0.25) is 0 Å². The molecule has 0 spiro atoms. The summed E-state index contributed by atoms with van der Waals surface area (Å²) < 4.78 is 0. The standard InChI is InChI=1S/C5H7NO2S/c1-3-4(7)5(6-8)9-2/h1,6-8H,2H3/b5-4+. The first-order valence-electron chi connectivity index (χ1n) is 2.10. The maximum absolute atomic E-state index is 8.72. The Bertz CT molecular complexity index is 153. The van der Waals surface area contributed by atoms with Crippen molar-refractivity contribution in [1.29, 1.82) is 0 Å². The van der Waals surface area contributed by atoms with Crippen molar-refractivity contribution in [3.63, 3.8) is 0 Å². The maximum Gasteiger partial charge on any atom is 0.199 e. The SMILES string of the molecule is C#C/C(O)=C(/NO)SC. The lowest BCUT2D eigenvalue weighted by atomic mass is 10.6. The fraction of sp³-hybridized carbons (Fsp3) is 0.200. The number of nitrogens with one attached hydrogen (secondary N) is 1. The minimum Gasteiger partial charge on any atom is -0.499 e. The minimum atomic E-state index is -0.287. The number of thioether (sulfide) groups is 1. The molecule has 3 N–H and O–H groups in total. The lowest BCUT2D eigenvalue weighted by Gasteiger charge is -1.99. The quantitative estimate of drug-likeness (QED) is 0.304. The van der Waals surface area contributed by atoms with Gasteiger partial charge in [0, 0.05) is 0 Å². The van der Waals surface area contributed by atoms with E-state index in [-0.39, 0.29) is 10.8 Å². The van der Waals surface area contributed by atoms with Crippen molar-refractivity contribution in [3.8, 4) is 12.3 Å². The van der Waals surface area contributed by atoms with E-state index >= 15 is 0 Å². The van der Waals surface area contributed by atoms with Crippen molar-refractivity contribution in [2.24, 2.45) is 0 Å². The highest BCUT2D eigenvalue weighted by molar-refractivity contribution is 8.02. The van der Waals surface area contributed by atoms with E-state index in [1.165, 1.54) is 0 Å². The number of aliphatic hydroxyl groups is 1. The van der Waals surface area contributed by atoms with E-state index in [1.807, 2.05) is 5.92 Å².